The number of hydrogen-bond donors (Lipinski definition) is 2. The maximum atomic E-state index is 12.9. The highest BCUT2D eigenvalue weighted by atomic mass is 32.1. The van der Waals surface area contributed by atoms with Gasteiger partial charge in [-0.05, 0) is 31.0 Å². The van der Waals surface area contributed by atoms with Gasteiger partial charge in [0.1, 0.15) is 5.75 Å². The van der Waals surface area contributed by atoms with E-state index in [0.717, 1.165) is 19.5 Å². The Morgan fingerprint density at radius 2 is 2.16 bits per heavy atom. The fourth-order valence-corrected chi connectivity index (χ4v) is 4.14. The van der Waals surface area contributed by atoms with Gasteiger partial charge in [-0.25, -0.2) is 4.98 Å². The number of hydrogen-bond acceptors (Lipinski definition) is 11. The van der Waals surface area contributed by atoms with Crippen LogP contribution in [0.2, 0.25) is 0 Å². The predicted octanol–water partition coefficient (Wildman–Crippen LogP) is 2.14. The highest BCUT2D eigenvalue weighted by molar-refractivity contribution is 7.19. The van der Waals surface area contributed by atoms with Gasteiger partial charge in [0, 0.05) is 25.7 Å². The molecule has 0 bridgehead atoms. The third-order valence-corrected chi connectivity index (χ3v) is 5.66. The van der Waals surface area contributed by atoms with Crippen LogP contribution in [0.15, 0.2) is 36.7 Å². The van der Waals surface area contributed by atoms with Gasteiger partial charge in [0.15, 0.2) is 6.10 Å². The van der Waals surface area contributed by atoms with Gasteiger partial charge in [0.05, 0.1) is 19.5 Å². The molecular formula is C20H24N8O3S. The zero-order valence-corrected chi connectivity index (χ0v) is 18.6. The highest BCUT2D eigenvalue weighted by Crippen LogP contribution is 2.27. The van der Waals surface area contributed by atoms with E-state index in [-0.39, 0.29) is 11.9 Å². The maximum absolute atomic E-state index is 12.9. The average molecular weight is 457 g/mol. The Morgan fingerprint density at radius 3 is 2.94 bits per heavy atom. The molecule has 0 spiro atoms. The molecule has 168 valence electrons. The number of benzene rings is 1. The van der Waals surface area contributed by atoms with Gasteiger partial charge < -0.3 is 19.7 Å². The van der Waals surface area contributed by atoms with Crippen molar-refractivity contribution in [2.45, 2.75) is 25.5 Å². The van der Waals surface area contributed by atoms with Crippen LogP contribution in [0.4, 0.5) is 16.2 Å². The average Bonchev–Trinajstić information content (AvgIpc) is 3.48. The predicted molar refractivity (Wildman–Crippen MR) is 120 cm³/mol. The van der Waals surface area contributed by atoms with Gasteiger partial charge in [-0.15, -0.1) is 15.3 Å². The SMILES string of the molecule is CCOC(C(=O)Nc1nnc(NC2CCN(c3nccnn3)C2)s1)c1cccc(OC)c1. The number of nitrogens with zero attached hydrogens (tertiary/aromatic N) is 6. The molecule has 2 unspecified atom stereocenters. The Labute approximate surface area is 189 Å². The second kappa shape index (κ2) is 10.3. The molecule has 4 rings (SSSR count). The van der Waals surface area contributed by atoms with E-state index in [4.69, 9.17) is 9.47 Å². The first-order valence-electron chi connectivity index (χ1n) is 10.2. The molecule has 0 aliphatic carbocycles. The van der Waals surface area contributed by atoms with Crippen molar-refractivity contribution >= 4 is 33.5 Å². The summed E-state index contributed by atoms with van der Waals surface area (Å²) >= 11 is 1.28. The lowest BCUT2D eigenvalue weighted by molar-refractivity contribution is -0.127. The number of carbonyl (C=O) groups excluding carboxylic acids is 1. The molecule has 3 aromatic rings. The number of methoxy groups -OCH3 is 1. The minimum atomic E-state index is -0.779. The Morgan fingerprint density at radius 1 is 1.28 bits per heavy atom. The lowest BCUT2D eigenvalue weighted by Crippen LogP contribution is -2.27. The van der Waals surface area contributed by atoms with Crippen LogP contribution in [0.5, 0.6) is 5.75 Å². The van der Waals surface area contributed by atoms with Gasteiger partial charge >= 0.3 is 0 Å². The van der Waals surface area contributed by atoms with Crippen molar-refractivity contribution in [3.8, 4) is 5.75 Å². The zero-order valence-electron chi connectivity index (χ0n) is 17.8. The van der Waals surface area contributed by atoms with Crippen LogP contribution in [0, 0.1) is 0 Å². The van der Waals surface area contributed by atoms with Gasteiger partial charge in [0.2, 0.25) is 16.2 Å². The summed E-state index contributed by atoms with van der Waals surface area (Å²) in [5, 5.41) is 23.4. The van der Waals surface area contributed by atoms with E-state index < -0.39 is 6.10 Å². The van der Waals surface area contributed by atoms with Crippen LogP contribution in [-0.4, -0.2) is 64.1 Å². The van der Waals surface area contributed by atoms with Crippen molar-refractivity contribution in [2.75, 3.05) is 42.3 Å². The van der Waals surface area contributed by atoms with Crippen molar-refractivity contribution < 1.29 is 14.3 Å². The number of ether oxygens (including phenoxy) is 2. The molecule has 1 aromatic carbocycles. The fourth-order valence-electron chi connectivity index (χ4n) is 3.42. The molecule has 11 nitrogen and oxygen atoms in total. The normalized spacial score (nSPS) is 16.6. The van der Waals surface area contributed by atoms with E-state index in [0.29, 0.717) is 34.1 Å². The Kier molecular flexibility index (Phi) is 7.02. The second-order valence-corrected chi connectivity index (χ2v) is 8.01. The summed E-state index contributed by atoms with van der Waals surface area (Å²) in [6, 6.07) is 7.42. The molecule has 2 atom stereocenters. The molecule has 32 heavy (non-hydrogen) atoms. The van der Waals surface area contributed by atoms with Crippen molar-refractivity contribution in [3.05, 3.63) is 42.2 Å². The molecule has 1 fully saturated rings. The van der Waals surface area contributed by atoms with Crippen molar-refractivity contribution in [3.63, 3.8) is 0 Å². The first kappa shape index (κ1) is 21.8. The van der Waals surface area contributed by atoms with Crippen LogP contribution in [0.3, 0.4) is 0 Å². The third-order valence-electron chi connectivity index (χ3n) is 4.89. The zero-order chi connectivity index (χ0) is 22.3. The van der Waals surface area contributed by atoms with Crippen molar-refractivity contribution in [2.24, 2.45) is 0 Å². The van der Waals surface area contributed by atoms with E-state index in [1.165, 1.54) is 11.3 Å². The summed E-state index contributed by atoms with van der Waals surface area (Å²) in [5.74, 6) is 0.954. The van der Waals surface area contributed by atoms with Gasteiger partial charge in [-0.2, -0.15) is 5.10 Å². The molecule has 0 saturated carbocycles. The minimum absolute atomic E-state index is 0.170. The number of nitrogens with one attached hydrogen (secondary N) is 2. The Bertz CT molecular complexity index is 1030. The highest BCUT2D eigenvalue weighted by Gasteiger charge is 2.26. The largest absolute Gasteiger partial charge is 0.497 e. The second-order valence-electron chi connectivity index (χ2n) is 7.03. The molecule has 3 heterocycles. The van der Waals surface area contributed by atoms with Crippen LogP contribution in [0.25, 0.3) is 0 Å². The molecule has 2 aromatic heterocycles. The summed E-state index contributed by atoms with van der Waals surface area (Å²) in [6.07, 6.45) is 3.31. The van der Waals surface area contributed by atoms with Crippen molar-refractivity contribution in [1.82, 2.24) is 25.4 Å². The summed E-state index contributed by atoms with van der Waals surface area (Å²) < 4.78 is 10.9. The van der Waals surface area contributed by atoms with Crippen LogP contribution >= 0.6 is 11.3 Å². The van der Waals surface area contributed by atoms with Gasteiger partial charge in [0.25, 0.3) is 5.91 Å². The maximum Gasteiger partial charge on any atom is 0.259 e. The number of carbonyl (C=O) groups is 1. The number of amides is 1. The van der Waals surface area contributed by atoms with Gasteiger partial charge in [-0.1, -0.05) is 23.5 Å². The Balaban J connectivity index is 1.36. The molecule has 2 N–H and O–H groups in total. The lowest BCUT2D eigenvalue weighted by atomic mass is 10.1. The standard InChI is InChI=1S/C20H24N8O3S/c1-3-31-16(13-5-4-6-15(11-13)30-2)17(29)24-20-27-26-19(32-20)23-14-7-10-28(12-14)18-21-8-9-22-25-18/h4-6,8-9,11,14,16H,3,7,10,12H2,1-2H3,(H,23,26)(H,24,27,29). The third kappa shape index (κ3) is 5.26. The van der Waals surface area contributed by atoms with Gasteiger partial charge in [-0.3, -0.25) is 10.1 Å². The summed E-state index contributed by atoms with van der Waals surface area (Å²) in [7, 11) is 1.58. The van der Waals surface area contributed by atoms with E-state index in [1.807, 2.05) is 25.1 Å². The van der Waals surface area contributed by atoms with Crippen LogP contribution in [0.1, 0.15) is 25.0 Å². The molecule has 1 saturated heterocycles. The molecule has 12 heteroatoms. The quantitative estimate of drug-likeness (QED) is 0.494. The smallest absolute Gasteiger partial charge is 0.259 e. The number of rotatable bonds is 9. The van der Waals surface area contributed by atoms with Crippen molar-refractivity contribution in [1.29, 1.82) is 0 Å². The molecule has 1 aliphatic rings. The summed E-state index contributed by atoms with van der Waals surface area (Å²) in [5.41, 5.74) is 0.704. The lowest BCUT2D eigenvalue weighted by Gasteiger charge is -2.17. The molecular weight excluding hydrogens is 432 g/mol. The summed E-state index contributed by atoms with van der Waals surface area (Å²) in [6.45, 7) is 3.78. The molecule has 0 radical (unpaired) electrons. The fraction of sp³-hybridized carbons (Fsp3) is 0.400. The Hall–Kier alpha value is -3.38. The first-order valence-corrected chi connectivity index (χ1v) is 11.0. The van der Waals surface area contributed by atoms with E-state index in [1.54, 1.807) is 25.6 Å². The molecule has 1 aliphatic heterocycles. The first-order chi connectivity index (χ1) is 15.7. The van der Waals surface area contributed by atoms with E-state index >= 15 is 0 Å². The van der Waals surface area contributed by atoms with E-state index in [2.05, 4.69) is 40.9 Å². The topological polar surface area (TPSA) is 127 Å². The van der Waals surface area contributed by atoms with E-state index in [9.17, 15) is 4.79 Å². The summed E-state index contributed by atoms with van der Waals surface area (Å²) in [4.78, 5) is 19.2. The molecule has 1 amide bonds. The minimum Gasteiger partial charge on any atom is -0.497 e. The number of anilines is 3. The van der Waals surface area contributed by atoms with Crippen LogP contribution in [-0.2, 0) is 9.53 Å². The monoisotopic (exact) mass is 456 g/mol. The van der Waals surface area contributed by atoms with Crippen LogP contribution < -0.4 is 20.3 Å². The number of aromatic nitrogens is 5.